The third kappa shape index (κ3) is 4.36. The fraction of sp³-hybridized carbons (Fsp3) is 0.455. The molecule has 0 radical (unpaired) electrons. The summed E-state index contributed by atoms with van der Waals surface area (Å²) in [6.07, 6.45) is 2.41. The average molecular weight is 378 g/mol. The minimum atomic E-state index is -1.04. The fourth-order valence-electron chi connectivity index (χ4n) is 3.58. The van der Waals surface area contributed by atoms with Gasteiger partial charge in [0.15, 0.2) is 11.6 Å². The van der Waals surface area contributed by atoms with Gasteiger partial charge < -0.3 is 9.47 Å². The van der Waals surface area contributed by atoms with Crippen LogP contribution in [0.5, 0.6) is 0 Å². The van der Waals surface area contributed by atoms with Crippen molar-refractivity contribution < 1.29 is 22.6 Å². The Bertz CT molecular complexity index is 783. The van der Waals surface area contributed by atoms with E-state index in [1.54, 1.807) is 6.07 Å². The minimum Gasteiger partial charge on any atom is -0.376 e. The zero-order valence-corrected chi connectivity index (χ0v) is 15.7. The van der Waals surface area contributed by atoms with Gasteiger partial charge in [0.1, 0.15) is 5.82 Å². The lowest BCUT2D eigenvalue weighted by Gasteiger charge is -2.29. The van der Waals surface area contributed by atoms with Crippen molar-refractivity contribution in [3.63, 3.8) is 0 Å². The monoisotopic (exact) mass is 378 g/mol. The van der Waals surface area contributed by atoms with E-state index in [1.807, 2.05) is 13.8 Å². The number of hydrogen-bond acceptors (Lipinski definition) is 2. The van der Waals surface area contributed by atoms with E-state index < -0.39 is 23.6 Å². The highest BCUT2D eigenvalue weighted by molar-refractivity contribution is 5.66. The number of rotatable bonds is 6. The van der Waals surface area contributed by atoms with Gasteiger partial charge in [0.25, 0.3) is 0 Å². The van der Waals surface area contributed by atoms with Crippen molar-refractivity contribution in [3.8, 4) is 11.1 Å². The summed E-state index contributed by atoms with van der Waals surface area (Å²) < 4.78 is 55.0. The smallest absolute Gasteiger partial charge is 0.167 e. The molecule has 0 spiro atoms. The van der Waals surface area contributed by atoms with Crippen LogP contribution in [0.25, 0.3) is 11.1 Å². The molecule has 0 N–H and O–H groups in total. The molecule has 2 nitrogen and oxygen atoms in total. The first kappa shape index (κ1) is 19.9. The third-order valence-corrected chi connectivity index (χ3v) is 4.96. The molecule has 2 unspecified atom stereocenters. The van der Waals surface area contributed by atoms with Crippen LogP contribution in [0.1, 0.15) is 50.3 Å². The molecule has 1 fully saturated rings. The van der Waals surface area contributed by atoms with E-state index in [1.165, 1.54) is 24.3 Å². The predicted molar refractivity (Wildman–Crippen MR) is 99.1 cm³/mol. The summed E-state index contributed by atoms with van der Waals surface area (Å²) in [6.45, 7) is 4.87. The highest BCUT2D eigenvalue weighted by atomic mass is 19.2. The van der Waals surface area contributed by atoms with Gasteiger partial charge >= 0.3 is 0 Å². The van der Waals surface area contributed by atoms with E-state index in [-0.39, 0.29) is 22.8 Å². The molecule has 1 aliphatic heterocycles. The minimum absolute atomic E-state index is 0.00541. The first-order valence-electron chi connectivity index (χ1n) is 9.55. The number of ether oxygens (including phenoxy) is 2. The van der Waals surface area contributed by atoms with E-state index in [4.69, 9.17) is 9.47 Å². The lowest BCUT2D eigenvalue weighted by molar-refractivity contribution is -0.0850. The number of aryl methyl sites for hydroxylation is 1. The summed E-state index contributed by atoms with van der Waals surface area (Å²) in [6, 6.07) is 7.59. The molecular weight excluding hydrogens is 353 g/mol. The largest absolute Gasteiger partial charge is 0.376 e. The summed E-state index contributed by atoms with van der Waals surface area (Å²) in [5.41, 5.74) is 1.02. The highest BCUT2D eigenvalue weighted by Gasteiger charge is 2.27. The molecule has 0 bridgehead atoms. The Hall–Kier alpha value is -1.85. The summed E-state index contributed by atoms with van der Waals surface area (Å²) >= 11 is 0. The topological polar surface area (TPSA) is 18.5 Å². The second-order valence-electron chi connectivity index (χ2n) is 6.87. The van der Waals surface area contributed by atoms with Gasteiger partial charge in [0.2, 0.25) is 0 Å². The van der Waals surface area contributed by atoms with Crippen molar-refractivity contribution in [1.82, 2.24) is 0 Å². The molecule has 146 valence electrons. The Kier molecular flexibility index (Phi) is 6.55. The van der Waals surface area contributed by atoms with Gasteiger partial charge in [-0.25, -0.2) is 13.2 Å². The lowest BCUT2D eigenvalue weighted by Crippen LogP contribution is -2.28. The SMILES string of the molecule is CCCc1ccc(-c2ccc(C3CCC(OCC)CO3)c(F)c2F)c(F)c1. The standard InChI is InChI=1S/C22H25F3O2/c1-3-5-14-6-8-16(19(23)12-14)17-9-10-18(22(25)21(17)24)20-11-7-15(13-27-20)26-4-2/h6,8-10,12,15,20H,3-5,7,11,13H2,1-2H3. The van der Waals surface area contributed by atoms with Gasteiger partial charge in [-0.15, -0.1) is 0 Å². The van der Waals surface area contributed by atoms with E-state index in [0.29, 0.717) is 19.6 Å². The number of hydrogen-bond donors (Lipinski definition) is 0. The molecule has 0 saturated carbocycles. The normalized spacial score (nSPS) is 20.0. The van der Waals surface area contributed by atoms with Crippen LogP contribution < -0.4 is 0 Å². The zero-order chi connectivity index (χ0) is 19.4. The van der Waals surface area contributed by atoms with Gasteiger partial charge in [0, 0.05) is 23.3 Å². The quantitative estimate of drug-likeness (QED) is 0.616. The molecule has 0 amide bonds. The molecule has 0 aliphatic carbocycles. The molecule has 1 heterocycles. The molecule has 3 rings (SSSR count). The van der Waals surface area contributed by atoms with Crippen LogP contribution in [-0.2, 0) is 15.9 Å². The van der Waals surface area contributed by atoms with Crippen molar-refractivity contribution in [2.75, 3.05) is 13.2 Å². The van der Waals surface area contributed by atoms with E-state index in [9.17, 15) is 13.2 Å². The molecule has 2 aromatic rings. The van der Waals surface area contributed by atoms with Crippen LogP contribution in [0.2, 0.25) is 0 Å². The maximum atomic E-state index is 14.7. The van der Waals surface area contributed by atoms with Crippen LogP contribution in [0, 0.1) is 17.5 Å². The van der Waals surface area contributed by atoms with Crippen LogP contribution in [-0.4, -0.2) is 19.3 Å². The van der Waals surface area contributed by atoms with Crippen LogP contribution >= 0.6 is 0 Å². The first-order valence-corrected chi connectivity index (χ1v) is 9.55. The van der Waals surface area contributed by atoms with Crippen molar-refractivity contribution >= 4 is 0 Å². The first-order chi connectivity index (χ1) is 13.0. The molecule has 27 heavy (non-hydrogen) atoms. The van der Waals surface area contributed by atoms with Gasteiger partial charge in [-0.3, -0.25) is 0 Å². The van der Waals surface area contributed by atoms with E-state index in [2.05, 4.69) is 0 Å². The van der Waals surface area contributed by atoms with Crippen molar-refractivity contribution in [2.45, 2.75) is 51.7 Å². The lowest BCUT2D eigenvalue weighted by atomic mass is 9.95. The average Bonchev–Trinajstić information content (AvgIpc) is 2.66. The molecule has 1 saturated heterocycles. The second kappa shape index (κ2) is 8.89. The molecule has 0 aromatic heterocycles. The summed E-state index contributed by atoms with van der Waals surface area (Å²) in [5, 5.41) is 0. The van der Waals surface area contributed by atoms with Crippen LogP contribution in [0.15, 0.2) is 30.3 Å². The number of benzene rings is 2. The highest BCUT2D eigenvalue weighted by Crippen LogP contribution is 2.35. The zero-order valence-electron chi connectivity index (χ0n) is 15.7. The molecule has 5 heteroatoms. The maximum absolute atomic E-state index is 14.7. The van der Waals surface area contributed by atoms with Gasteiger partial charge in [-0.05, 0) is 37.8 Å². The predicted octanol–water partition coefficient (Wildman–Crippen LogP) is 5.98. The second-order valence-corrected chi connectivity index (χ2v) is 6.87. The number of halogens is 3. The van der Waals surface area contributed by atoms with Crippen molar-refractivity contribution in [2.24, 2.45) is 0 Å². The maximum Gasteiger partial charge on any atom is 0.167 e. The van der Waals surface area contributed by atoms with Crippen molar-refractivity contribution in [1.29, 1.82) is 0 Å². The van der Waals surface area contributed by atoms with Crippen LogP contribution in [0.3, 0.4) is 0 Å². The van der Waals surface area contributed by atoms with Gasteiger partial charge in [-0.1, -0.05) is 37.6 Å². The summed E-state index contributed by atoms with van der Waals surface area (Å²) in [7, 11) is 0. The Morgan fingerprint density at radius 2 is 1.78 bits per heavy atom. The van der Waals surface area contributed by atoms with Gasteiger partial charge in [0.05, 0.1) is 18.8 Å². The Morgan fingerprint density at radius 1 is 1.00 bits per heavy atom. The molecule has 1 aliphatic rings. The molecule has 2 atom stereocenters. The molecule has 2 aromatic carbocycles. The Balaban J connectivity index is 1.84. The molecular formula is C22H25F3O2. The van der Waals surface area contributed by atoms with Gasteiger partial charge in [-0.2, -0.15) is 0 Å². The van der Waals surface area contributed by atoms with Crippen LogP contribution in [0.4, 0.5) is 13.2 Å². The third-order valence-electron chi connectivity index (χ3n) is 4.96. The van der Waals surface area contributed by atoms with E-state index in [0.717, 1.165) is 24.8 Å². The van der Waals surface area contributed by atoms with E-state index >= 15 is 0 Å². The van der Waals surface area contributed by atoms with Crippen molar-refractivity contribution in [3.05, 3.63) is 58.9 Å². The Labute approximate surface area is 158 Å². The summed E-state index contributed by atoms with van der Waals surface area (Å²) in [5.74, 6) is -2.55. The Morgan fingerprint density at radius 3 is 2.41 bits per heavy atom. The summed E-state index contributed by atoms with van der Waals surface area (Å²) in [4.78, 5) is 0. The fourth-order valence-corrected chi connectivity index (χ4v) is 3.58.